The van der Waals surface area contributed by atoms with Gasteiger partial charge in [-0.3, -0.25) is 10.1 Å². The molecule has 1 aliphatic rings. The number of ether oxygens (including phenoxy) is 1. The predicted octanol–water partition coefficient (Wildman–Crippen LogP) is 1.62. The molecule has 6 heteroatoms. The third-order valence-electron chi connectivity index (χ3n) is 3.19. The Bertz CT molecular complexity index is 446. The first-order valence-electron chi connectivity index (χ1n) is 6.55. The minimum Gasteiger partial charge on any atom is -0.468 e. The summed E-state index contributed by atoms with van der Waals surface area (Å²) in [7, 11) is 1.39. The van der Waals surface area contributed by atoms with Gasteiger partial charge in [-0.15, -0.1) is 0 Å². The van der Waals surface area contributed by atoms with Crippen LogP contribution < -0.4 is 5.32 Å². The minimum absolute atomic E-state index is 0.244. The lowest BCUT2D eigenvalue weighted by Gasteiger charge is -2.28. The highest BCUT2D eigenvalue weighted by atomic mass is 16.5. The molecule has 1 saturated carbocycles. The van der Waals surface area contributed by atoms with Gasteiger partial charge in [0.25, 0.3) is 0 Å². The molecule has 0 bridgehead atoms. The Morgan fingerprint density at radius 3 is 2.74 bits per heavy atom. The van der Waals surface area contributed by atoms with E-state index in [9.17, 15) is 4.79 Å². The summed E-state index contributed by atoms with van der Waals surface area (Å²) in [5, 5.41) is 7.07. The molecule has 2 rings (SSSR count). The fraction of sp³-hybridized carbons (Fsp3) is 0.769. The van der Waals surface area contributed by atoms with Crippen LogP contribution in [0.3, 0.4) is 0 Å². The van der Waals surface area contributed by atoms with E-state index in [2.05, 4.69) is 15.5 Å². The van der Waals surface area contributed by atoms with Crippen LogP contribution in [0, 0.1) is 5.41 Å². The Morgan fingerprint density at radius 1 is 1.53 bits per heavy atom. The molecule has 0 aliphatic heterocycles. The van der Waals surface area contributed by atoms with Crippen molar-refractivity contribution in [3.8, 4) is 0 Å². The molecule has 1 fully saturated rings. The lowest BCUT2D eigenvalue weighted by Crippen LogP contribution is -2.46. The van der Waals surface area contributed by atoms with Crippen LogP contribution in [0.25, 0.3) is 0 Å². The summed E-state index contributed by atoms with van der Waals surface area (Å²) >= 11 is 0. The highest BCUT2D eigenvalue weighted by Gasteiger charge is 2.33. The quantitative estimate of drug-likeness (QED) is 0.817. The maximum Gasteiger partial charge on any atom is 0.323 e. The van der Waals surface area contributed by atoms with E-state index in [1.807, 2.05) is 20.8 Å². The number of nitrogens with one attached hydrogen (secondary N) is 1. The van der Waals surface area contributed by atoms with Crippen LogP contribution in [0.2, 0.25) is 0 Å². The van der Waals surface area contributed by atoms with Crippen molar-refractivity contribution in [3.05, 3.63) is 11.7 Å². The van der Waals surface area contributed by atoms with Crippen molar-refractivity contribution >= 4 is 5.97 Å². The summed E-state index contributed by atoms with van der Waals surface area (Å²) < 4.78 is 9.98. The topological polar surface area (TPSA) is 77.2 Å². The van der Waals surface area contributed by atoms with E-state index in [1.165, 1.54) is 7.11 Å². The van der Waals surface area contributed by atoms with Gasteiger partial charge in [0.05, 0.1) is 13.7 Å². The third-order valence-corrected chi connectivity index (χ3v) is 3.19. The third kappa shape index (κ3) is 3.53. The average molecular weight is 267 g/mol. The highest BCUT2D eigenvalue weighted by molar-refractivity contribution is 5.76. The Labute approximate surface area is 112 Å². The number of carbonyl (C=O) groups excluding carboxylic acids is 1. The van der Waals surface area contributed by atoms with Crippen LogP contribution in [0.15, 0.2) is 4.52 Å². The number of hydrogen-bond donors (Lipinski definition) is 1. The Morgan fingerprint density at radius 2 is 2.21 bits per heavy atom. The Hall–Kier alpha value is -1.43. The maximum absolute atomic E-state index is 11.8. The molecular formula is C13H21N3O3. The van der Waals surface area contributed by atoms with Crippen molar-refractivity contribution < 1.29 is 14.1 Å². The molecule has 1 heterocycles. The monoisotopic (exact) mass is 267 g/mol. The Balaban J connectivity index is 1.95. The van der Waals surface area contributed by atoms with Crippen LogP contribution in [0.1, 0.15) is 51.2 Å². The lowest BCUT2D eigenvalue weighted by molar-refractivity contribution is -0.146. The molecule has 0 saturated heterocycles. The Kier molecular flexibility index (Phi) is 3.89. The summed E-state index contributed by atoms with van der Waals surface area (Å²) in [5.74, 6) is 1.48. The molecule has 6 nitrogen and oxygen atoms in total. The number of rotatable bonds is 5. The van der Waals surface area contributed by atoms with E-state index in [4.69, 9.17) is 9.26 Å². The largest absolute Gasteiger partial charge is 0.468 e. The first kappa shape index (κ1) is 14.0. The molecule has 1 aromatic rings. The van der Waals surface area contributed by atoms with Crippen LogP contribution in [-0.4, -0.2) is 29.3 Å². The lowest BCUT2D eigenvalue weighted by atomic mass is 9.87. The number of methoxy groups -OCH3 is 1. The van der Waals surface area contributed by atoms with Gasteiger partial charge >= 0.3 is 5.97 Å². The maximum atomic E-state index is 11.8. The molecule has 0 spiro atoms. The predicted molar refractivity (Wildman–Crippen MR) is 68.4 cm³/mol. The second-order valence-corrected chi connectivity index (χ2v) is 6.02. The van der Waals surface area contributed by atoms with E-state index >= 15 is 0 Å². The van der Waals surface area contributed by atoms with Crippen molar-refractivity contribution in [1.29, 1.82) is 0 Å². The van der Waals surface area contributed by atoms with Gasteiger partial charge in [0.15, 0.2) is 5.82 Å². The van der Waals surface area contributed by atoms with Crippen molar-refractivity contribution in [2.75, 3.05) is 7.11 Å². The van der Waals surface area contributed by atoms with Crippen molar-refractivity contribution in [1.82, 2.24) is 15.5 Å². The highest BCUT2D eigenvalue weighted by Crippen LogP contribution is 2.38. The molecule has 0 unspecified atom stereocenters. The van der Waals surface area contributed by atoms with Gasteiger partial charge in [-0.2, -0.15) is 4.98 Å². The van der Waals surface area contributed by atoms with Gasteiger partial charge in [0.1, 0.15) is 6.04 Å². The van der Waals surface area contributed by atoms with Crippen molar-refractivity contribution in [2.45, 2.75) is 52.1 Å². The van der Waals surface area contributed by atoms with E-state index in [0.717, 1.165) is 18.7 Å². The minimum atomic E-state index is -0.409. The van der Waals surface area contributed by atoms with Gasteiger partial charge in [-0.1, -0.05) is 25.9 Å². The van der Waals surface area contributed by atoms with Gasteiger partial charge < -0.3 is 9.26 Å². The summed E-state index contributed by atoms with van der Waals surface area (Å²) in [6.45, 7) is 6.30. The number of carbonyl (C=O) groups is 1. The van der Waals surface area contributed by atoms with Gasteiger partial charge in [0, 0.05) is 5.92 Å². The SMILES string of the molecule is COC(=O)[C@@H](NCc1nc(C2CC2)no1)C(C)(C)C. The zero-order chi connectivity index (χ0) is 14.0. The molecule has 106 valence electrons. The fourth-order valence-corrected chi connectivity index (χ4v) is 1.90. The number of nitrogens with zero attached hydrogens (tertiary/aromatic N) is 2. The van der Waals surface area contributed by atoms with Crippen LogP contribution in [0.5, 0.6) is 0 Å². The summed E-state index contributed by atoms with van der Waals surface area (Å²) in [5.41, 5.74) is -0.244. The normalized spacial score (nSPS) is 17.3. The first-order valence-corrected chi connectivity index (χ1v) is 6.55. The van der Waals surface area contributed by atoms with Crippen molar-refractivity contribution in [2.24, 2.45) is 5.41 Å². The molecule has 0 aromatic carbocycles. The van der Waals surface area contributed by atoms with Crippen LogP contribution >= 0.6 is 0 Å². The average Bonchev–Trinajstić information content (AvgIpc) is 3.08. The second-order valence-electron chi connectivity index (χ2n) is 6.02. The number of esters is 1. The molecule has 0 amide bonds. The van der Waals surface area contributed by atoms with Gasteiger partial charge in [-0.25, -0.2) is 0 Å². The summed E-state index contributed by atoms with van der Waals surface area (Å²) in [6, 6.07) is -0.409. The standard InChI is InChI=1S/C13H21N3O3/c1-13(2,3)10(12(17)18-4)14-7-9-15-11(16-19-9)8-5-6-8/h8,10,14H,5-7H2,1-4H3/t10-/m1/s1. The fourth-order valence-electron chi connectivity index (χ4n) is 1.90. The number of aromatic nitrogens is 2. The summed E-state index contributed by atoms with van der Waals surface area (Å²) in [4.78, 5) is 16.1. The zero-order valence-electron chi connectivity index (χ0n) is 11.9. The first-order chi connectivity index (χ1) is 8.91. The second kappa shape index (κ2) is 5.28. The van der Waals surface area contributed by atoms with Gasteiger partial charge in [-0.05, 0) is 18.3 Å². The van der Waals surface area contributed by atoms with Crippen molar-refractivity contribution in [3.63, 3.8) is 0 Å². The zero-order valence-corrected chi connectivity index (χ0v) is 11.9. The van der Waals surface area contributed by atoms with E-state index in [-0.39, 0.29) is 11.4 Å². The van der Waals surface area contributed by atoms with Crippen LogP contribution in [-0.2, 0) is 16.1 Å². The number of hydrogen-bond acceptors (Lipinski definition) is 6. The van der Waals surface area contributed by atoms with E-state index in [0.29, 0.717) is 18.4 Å². The molecule has 1 N–H and O–H groups in total. The van der Waals surface area contributed by atoms with Crippen LogP contribution in [0.4, 0.5) is 0 Å². The smallest absolute Gasteiger partial charge is 0.323 e. The van der Waals surface area contributed by atoms with E-state index in [1.54, 1.807) is 0 Å². The molecule has 19 heavy (non-hydrogen) atoms. The molecular weight excluding hydrogens is 246 g/mol. The van der Waals surface area contributed by atoms with E-state index < -0.39 is 6.04 Å². The molecule has 1 atom stereocenters. The van der Waals surface area contributed by atoms with Gasteiger partial charge in [0.2, 0.25) is 5.89 Å². The molecule has 0 radical (unpaired) electrons. The summed E-state index contributed by atoms with van der Waals surface area (Å²) in [6.07, 6.45) is 2.28. The molecule has 1 aliphatic carbocycles. The molecule has 1 aromatic heterocycles.